The van der Waals surface area contributed by atoms with E-state index in [9.17, 15) is 10.2 Å². The smallest absolute Gasteiger partial charge is 0.0934 e. The number of hydrogen-bond donors (Lipinski definition) is 2. The molecule has 0 radical (unpaired) electrons. The van der Waals surface area contributed by atoms with Crippen LogP contribution in [0.2, 0.25) is 0 Å². The third-order valence-corrected chi connectivity index (χ3v) is 7.25. The summed E-state index contributed by atoms with van der Waals surface area (Å²) in [4.78, 5) is 0. The monoisotopic (exact) mass is 320 g/mol. The van der Waals surface area contributed by atoms with Gasteiger partial charge in [-0.05, 0) is 79.7 Å². The normalized spacial score (nSPS) is 44.0. The van der Waals surface area contributed by atoms with Crippen LogP contribution in [0.25, 0.3) is 0 Å². The van der Waals surface area contributed by atoms with Crippen LogP contribution >= 0.6 is 0 Å². The molecule has 0 saturated heterocycles. The second-order valence-electron chi connectivity index (χ2n) is 8.84. The third-order valence-electron chi connectivity index (χ3n) is 7.25. The van der Waals surface area contributed by atoms with Gasteiger partial charge in [-0.15, -0.1) is 0 Å². The highest BCUT2D eigenvalue weighted by atomic mass is 16.3. The first-order valence-electron chi connectivity index (χ1n) is 9.16. The van der Waals surface area contributed by atoms with Crippen molar-refractivity contribution in [3.63, 3.8) is 0 Å². The van der Waals surface area contributed by atoms with Crippen molar-refractivity contribution in [3.8, 4) is 0 Å². The summed E-state index contributed by atoms with van der Waals surface area (Å²) in [7, 11) is 0. The van der Waals surface area contributed by atoms with Crippen LogP contribution < -0.4 is 0 Å². The molecule has 3 rings (SSSR count). The molecule has 3 heteroatoms. The molecule has 2 N–H and O–H groups in total. The van der Waals surface area contributed by atoms with Gasteiger partial charge in [-0.3, -0.25) is 0 Å². The molecule has 23 heavy (non-hydrogen) atoms. The van der Waals surface area contributed by atoms with Gasteiger partial charge < -0.3 is 14.6 Å². The molecule has 2 saturated carbocycles. The predicted molar refractivity (Wildman–Crippen MR) is 91.0 cm³/mol. The van der Waals surface area contributed by atoms with E-state index in [0.29, 0.717) is 5.92 Å². The molecule has 0 bridgehead atoms. The second-order valence-corrected chi connectivity index (χ2v) is 8.84. The van der Waals surface area contributed by atoms with Crippen molar-refractivity contribution < 1.29 is 14.6 Å². The Hall–Kier alpha value is -0.800. The molecule has 5 atom stereocenters. The lowest BCUT2D eigenvalue weighted by Gasteiger charge is -2.61. The fraction of sp³-hybridized carbons (Fsp3) is 0.800. The van der Waals surface area contributed by atoms with E-state index >= 15 is 0 Å². The largest absolute Gasteiger partial charge is 0.472 e. The van der Waals surface area contributed by atoms with Gasteiger partial charge in [0.25, 0.3) is 0 Å². The van der Waals surface area contributed by atoms with Crippen molar-refractivity contribution in [2.24, 2.45) is 22.7 Å². The minimum absolute atomic E-state index is 0.0113. The number of hydrogen-bond acceptors (Lipinski definition) is 3. The first kappa shape index (κ1) is 17.0. The van der Waals surface area contributed by atoms with Gasteiger partial charge in [0.15, 0.2) is 0 Å². The zero-order valence-electron chi connectivity index (χ0n) is 14.8. The minimum Gasteiger partial charge on any atom is -0.472 e. The van der Waals surface area contributed by atoms with Crippen LogP contribution in [0.4, 0.5) is 0 Å². The molecule has 130 valence electrons. The summed E-state index contributed by atoms with van der Waals surface area (Å²) >= 11 is 0. The number of aliphatic hydroxyl groups excluding tert-OH is 1. The molecule has 0 aliphatic heterocycles. The first-order valence-corrected chi connectivity index (χ1v) is 9.16. The lowest BCUT2D eigenvalue weighted by molar-refractivity contribution is -0.179. The summed E-state index contributed by atoms with van der Waals surface area (Å²) < 4.78 is 5.19. The van der Waals surface area contributed by atoms with Gasteiger partial charge in [-0.2, -0.15) is 0 Å². The maximum absolute atomic E-state index is 11.1. The van der Waals surface area contributed by atoms with E-state index < -0.39 is 5.60 Å². The van der Waals surface area contributed by atoms with Crippen molar-refractivity contribution in [2.75, 3.05) is 6.61 Å². The van der Waals surface area contributed by atoms with Crippen LogP contribution in [0.1, 0.15) is 64.9 Å². The van der Waals surface area contributed by atoms with Gasteiger partial charge in [0, 0.05) is 6.61 Å². The van der Waals surface area contributed by atoms with Gasteiger partial charge in [0.1, 0.15) is 0 Å². The second kappa shape index (κ2) is 5.93. The lowest BCUT2D eigenvalue weighted by atomic mass is 9.45. The zero-order valence-corrected chi connectivity index (χ0v) is 14.8. The number of fused-ring (bicyclic) bond motifs is 1. The molecule has 1 heterocycles. The number of furan rings is 1. The third kappa shape index (κ3) is 2.87. The molecule has 0 spiro atoms. The van der Waals surface area contributed by atoms with Crippen molar-refractivity contribution in [1.29, 1.82) is 0 Å². The van der Waals surface area contributed by atoms with E-state index in [-0.39, 0.29) is 23.4 Å². The Morgan fingerprint density at radius 3 is 2.65 bits per heavy atom. The van der Waals surface area contributed by atoms with Gasteiger partial charge in [0.05, 0.1) is 18.1 Å². The highest BCUT2D eigenvalue weighted by Gasteiger charge is 2.58. The van der Waals surface area contributed by atoms with E-state index in [0.717, 1.165) is 38.5 Å². The van der Waals surface area contributed by atoms with Gasteiger partial charge >= 0.3 is 0 Å². The van der Waals surface area contributed by atoms with E-state index in [2.05, 4.69) is 13.8 Å². The summed E-state index contributed by atoms with van der Waals surface area (Å²) in [6, 6.07) is 2.02. The Labute approximate surface area is 140 Å². The Morgan fingerprint density at radius 1 is 1.22 bits per heavy atom. The SMILES string of the molecule is CC1(O)CCC2C(C)(CO)CCCC2(C)C1CCc1ccoc1. The van der Waals surface area contributed by atoms with Gasteiger partial charge in [-0.1, -0.05) is 20.3 Å². The Balaban J connectivity index is 1.87. The van der Waals surface area contributed by atoms with E-state index in [1.807, 2.05) is 19.3 Å². The van der Waals surface area contributed by atoms with Crippen LogP contribution in [0.3, 0.4) is 0 Å². The van der Waals surface area contributed by atoms with E-state index in [1.165, 1.54) is 12.0 Å². The average Bonchev–Trinajstić information content (AvgIpc) is 2.99. The molecule has 1 aromatic rings. The van der Waals surface area contributed by atoms with E-state index in [1.54, 1.807) is 6.26 Å². The molecule has 3 nitrogen and oxygen atoms in total. The number of aliphatic hydroxyl groups is 2. The molecule has 2 aliphatic carbocycles. The maximum atomic E-state index is 11.1. The van der Waals surface area contributed by atoms with Crippen molar-refractivity contribution in [2.45, 2.75) is 71.3 Å². The Morgan fingerprint density at radius 2 is 2.00 bits per heavy atom. The predicted octanol–water partition coefficient (Wildman–Crippen LogP) is 4.18. The highest BCUT2D eigenvalue weighted by molar-refractivity contribution is 5.11. The van der Waals surface area contributed by atoms with Crippen LogP contribution in [-0.4, -0.2) is 22.4 Å². The van der Waals surface area contributed by atoms with Crippen LogP contribution in [-0.2, 0) is 6.42 Å². The van der Waals surface area contributed by atoms with E-state index in [4.69, 9.17) is 4.42 Å². The molecule has 2 aliphatic rings. The first-order chi connectivity index (χ1) is 10.8. The van der Waals surface area contributed by atoms with Gasteiger partial charge in [-0.25, -0.2) is 0 Å². The summed E-state index contributed by atoms with van der Waals surface area (Å²) in [5.74, 6) is 0.776. The molecular weight excluding hydrogens is 288 g/mol. The van der Waals surface area contributed by atoms with Crippen LogP contribution in [0.5, 0.6) is 0 Å². The Bertz CT molecular complexity index is 521. The molecule has 2 fully saturated rings. The highest BCUT2D eigenvalue weighted by Crippen LogP contribution is 2.62. The summed E-state index contributed by atoms with van der Waals surface area (Å²) in [6.07, 6.45) is 10.8. The van der Waals surface area contributed by atoms with Crippen LogP contribution in [0, 0.1) is 22.7 Å². The average molecular weight is 320 g/mol. The van der Waals surface area contributed by atoms with Crippen molar-refractivity contribution in [3.05, 3.63) is 24.2 Å². The molecule has 0 aromatic carbocycles. The number of rotatable bonds is 4. The van der Waals surface area contributed by atoms with Crippen molar-refractivity contribution >= 4 is 0 Å². The number of aryl methyl sites for hydroxylation is 1. The summed E-state index contributed by atoms with van der Waals surface area (Å²) in [6.45, 7) is 6.92. The molecular formula is C20H32O3. The quantitative estimate of drug-likeness (QED) is 0.875. The summed E-state index contributed by atoms with van der Waals surface area (Å²) in [5, 5.41) is 21.1. The fourth-order valence-corrected chi connectivity index (χ4v) is 6.01. The molecule has 5 unspecified atom stereocenters. The molecule has 0 amide bonds. The zero-order chi connectivity index (χ0) is 16.7. The summed E-state index contributed by atoms with van der Waals surface area (Å²) in [5.41, 5.74) is 0.730. The topological polar surface area (TPSA) is 53.6 Å². The minimum atomic E-state index is -0.608. The fourth-order valence-electron chi connectivity index (χ4n) is 6.01. The lowest BCUT2D eigenvalue weighted by Crippen LogP contribution is -2.58. The maximum Gasteiger partial charge on any atom is 0.0934 e. The molecule has 1 aromatic heterocycles. The van der Waals surface area contributed by atoms with Crippen molar-refractivity contribution in [1.82, 2.24) is 0 Å². The Kier molecular flexibility index (Phi) is 4.39. The standard InChI is InChI=1S/C20H32O3/c1-18(14-21)9-4-10-19(2)16(18)7-11-20(3,22)17(19)6-5-15-8-12-23-13-15/h8,12-13,16-17,21-22H,4-7,9-11,14H2,1-3H3. The van der Waals surface area contributed by atoms with Crippen LogP contribution in [0.15, 0.2) is 23.0 Å². The van der Waals surface area contributed by atoms with Gasteiger partial charge in [0.2, 0.25) is 0 Å².